The van der Waals surface area contributed by atoms with Gasteiger partial charge in [0.05, 0.1) is 6.04 Å². The van der Waals surface area contributed by atoms with Crippen LogP contribution in [0.4, 0.5) is 9.59 Å². The fourth-order valence-corrected chi connectivity index (χ4v) is 7.34. The van der Waals surface area contributed by atoms with Crippen LogP contribution in [-0.4, -0.2) is 106 Å². The highest BCUT2D eigenvalue weighted by atomic mass is 16.6. The number of carbonyl (C=O) groups excluding carboxylic acids is 3. The lowest BCUT2D eigenvalue weighted by Crippen LogP contribution is -2.54. The number of ether oxygens (including phenoxy) is 4. The van der Waals surface area contributed by atoms with Gasteiger partial charge in [-0.25, -0.2) is 19.4 Å². The van der Waals surface area contributed by atoms with E-state index < -0.39 is 29.4 Å². The van der Waals surface area contributed by atoms with Gasteiger partial charge in [0.25, 0.3) is 0 Å². The lowest BCUT2D eigenvalue weighted by atomic mass is 10.0. The average molecular weight is 798 g/mol. The Morgan fingerprint density at radius 2 is 1.33 bits per heavy atom. The monoisotopic (exact) mass is 797 g/mol. The van der Waals surface area contributed by atoms with Crippen LogP contribution in [0, 0.1) is 0 Å². The second-order valence-corrected chi connectivity index (χ2v) is 17.3. The SMILES string of the molecule is CC(C)(C)OC(=O)N1CCC[C@@H](N=C(N[C@@H]2CCCN(C(=O)OC(C)(C)C)C2)N2Cc3ccc(OC[C@@H](O)C(=O)OC(c4ccccc4)c4ccccc4)cc3C2)C1. The minimum absolute atomic E-state index is 0.0576. The fraction of sp³-hybridized carbons (Fsp3) is 0.511. The van der Waals surface area contributed by atoms with Crippen molar-refractivity contribution < 1.29 is 38.4 Å². The molecule has 13 nitrogen and oxygen atoms in total. The maximum atomic E-state index is 13.2. The van der Waals surface area contributed by atoms with Gasteiger partial charge in [-0.3, -0.25) is 0 Å². The number of carbonyl (C=O) groups is 3. The van der Waals surface area contributed by atoms with Gasteiger partial charge in [-0.2, -0.15) is 0 Å². The van der Waals surface area contributed by atoms with Crippen molar-refractivity contribution in [3.8, 4) is 5.75 Å². The summed E-state index contributed by atoms with van der Waals surface area (Å²) in [6, 6.07) is 24.4. The van der Waals surface area contributed by atoms with E-state index in [9.17, 15) is 19.5 Å². The molecule has 2 saturated heterocycles. The molecule has 6 rings (SSSR count). The molecular formula is C45H59N5O8. The maximum Gasteiger partial charge on any atom is 0.410 e. The van der Waals surface area contributed by atoms with Crippen molar-refractivity contribution in [1.29, 1.82) is 0 Å². The van der Waals surface area contributed by atoms with Crippen LogP contribution in [0.15, 0.2) is 83.9 Å². The molecule has 312 valence electrons. The summed E-state index contributed by atoms with van der Waals surface area (Å²) in [5.41, 5.74) is 2.51. The molecule has 3 aliphatic heterocycles. The van der Waals surface area contributed by atoms with E-state index in [4.69, 9.17) is 23.9 Å². The van der Waals surface area contributed by atoms with Crippen LogP contribution in [0.25, 0.3) is 0 Å². The Hall–Kier alpha value is -5.30. The normalized spacial score (nSPS) is 19.3. The Bertz CT molecular complexity index is 1850. The minimum atomic E-state index is -1.51. The third-order valence-corrected chi connectivity index (χ3v) is 10.1. The standard InChI is InChI=1S/C45H59N5O8/c1-44(2,3)57-42(53)48-23-13-19-35(28-48)46-41(47-36-20-14-24-49(29-36)43(54)58-45(4,5)6)50-26-33-21-22-37(25-34(33)27-50)55-30-38(51)40(52)56-39(31-15-9-7-10-16-31)32-17-11-8-12-18-32/h7-12,15-18,21-22,25,35-36,38-39,51H,13-14,19-20,23-24,26-30H2,1-6H3,(H,46,47)/t35-,36-,38-/m1/s1. The number of likely N-dealkylation sites (tertiary alicyclic amines) is 2. The molecule has 2 amide bonds. The maximum absolute atomic E-state index is 13.2. The molecule has 0 unspecified atom stereocenters. The molecule has 0 spiro atoms. The molecule has 3 aliphatic rings. The fourth-order valence-electron chi connectivity index (χ4n) is 7.34. The predicted octanol–water partition coefficient (Wildman–Crippen LogP) is 6.82. The summed E-state index contributed by atoms with van der Waals surface area (Å²) in [5, 5.41) is 14.6. The first-order chi connectivity index (χ1) is 27.6. The molecule has 58 heavy (non-hydrogen) atoms. The number of hydrogen-bond acceptors (Lipinski definition) is 9. The summed E-state index contributed by atoms with van der Waals surface area (Å²) in [6.45, 7) is 14.2. The Balaban J connectivity index is 1.13. The average Bonchev–Trinajstić information content (AvgIpc) is 3.62. The van der Waals surface area contributed by atoms with E-state index in [0.29, 0.717) is 51.0 Å². The van der Waals surface area contributed by atoms with Gasteiger partial charge in [0.1, 0.15) is 23.6 Å². The smallest absolute Gasteiger partial charge is 0.410 e. The second kappa shape index (κ2) is 18.5. The zero-order valence-corrected chi connectivity index (χ0v) is 34.7. The number of fused-ring (bicyclic) bond motifs is 1. The number of aliphatic imine (C=N–C) groups is 1. The molecule has 3 aromatic carbocycles. The van der Waals surface area contributed by atoms with Crippen LogP contribution < -0.4 is 10.1 Å². The van der Waals surface area contributed by atoms with Gasteiger partial charge < -0.3 is 44.1 Å². The van der Waals surface area contributed by atoms with E-state index in [1.807, 2.05) is 120 Å². The van der Waals surface area contributed by atoms with Gasteiger partial charge >= 0.3 is 18.2 Å². The summed E-state index contributed by atoms with van der Waals surface area (Å²) in [5.74, 6) is 0.440. The summed E-state index contributed by atoms with van der Waals surface area (Å²) < 4.78 is 23.2. The van der Waals surface area contributed by atoms with E-state index in [1.165, 1.54) is 0 Å². The minimum Gasteiger partial charge on any atom is -0.490 e. The second-order valence-electron chi connectivity index (χ2n) is 17.3. The van der Waals surface area contributed by atoms with Gasteiger partial charge in [0, 0.05) is 45.3 Å². The van der Waals surface area contributed by atoms with Crippen molar-refractivity contribution in [2.75, 3.05) is 32.8 Å². The number of nitrogens with one attached hydrogen (secondary N) is 1. The van der Waals surface area contributed by atoms with E-state index in [1.54, 1.807) is 9.80 Å². The van der Waals surface area contributed by atoms with Crippen LogP contribution >= 0.6 is 0 Å². The Kier molecular flexibility index (Phi) is 13.5. The summed E-state index contributed by atoms with van der Waals surface area (Å²) in [4.78, 5) is 50.1. The molecule has 0 saturated carbocycles. The first kappa shape index (κ1) is 42.3. The zero-order chi connectivity index (χ0) is 41.5. The Morgan fingerprint density at radius 1 is 0.759 bits per heavy atom. The van der Waals surface area contributed by atoms with Crippen molar-refractivity contribution in [1.82, 2.24) is 20.0 Å². The number of rotatable bonds is 9. The number of amides is 2. The summed E-state index contributed by atoms with van der Waals surface area (Å²) in [6.07, 6.45) is 0.444. The van der Waals surface area contributed by atoms with Gasteiger partial charge in [-0.15, -0.1) is 0 Å². The van der Waals surface area contributed by atoms with Crippen LogP contribution in [0.2, 0.25) is 0 Å². The van der Waals surface area contributed by atoms with Gasteiger partial charge in [-0.05, 0) is 102 Å². The van der Waals surface area contributed by atoms with Crippen molar-refractivity contribution in [2.45, 2.75) is 116 Å². The lowest BCUT2D eigenvalue weighted by molar-refractivity contribution is -0.159. The van der Waals surface area contributed by atoms with E-state index in [-0.39, 0.29) is 30.9 Å². The third-order valence-electron chi connectivity index (χ3n) is 10.1. The number of aliphatic hydroxyl groups excluding tert-OH is 1. The van der Waals surface area contributed by atoms with Crippen LogP contribution in [0.5, 0.6) is 5.75 Å². The van der Waals surface area contributed by atoms with Crippen LogP contribution in [0.1, 0.15) is 95.6 Å². The van der Waals surface area contributed by atoms with Gasteiger partial charge in [0.2, 0.25) is 0 Å². The topological polar surface area (TPSA) is 142 Å². The van der Waals surface area contributed by atoms with Crippen molar-refractivity contribution in [2.24, 2.45) is 4.99 Å². The molecule has 0 aromatic heterocycles. The highest BCUT2D eigenvalue weighted by molar-refractivity contribution is 5.81. The highest BCUT2D eigenvalue weighted by Crippen LogP contribution is 2.30. The number of piperidine rings is 2. The summed E-state index contributed by atoms with van der Waals surface area (Å²) >= 11 is 0. The number of benzene rings is 3. The molecule has 3 aromatic rings. The molecule has 2 N–H and O–H groups in total. The van der Waals surface area contributed by atoms with Crippen LogP contribution in [-0.2, 0) is 32.1 Å². The highest BCUT2D eigenvalue weighted by Gasteiger charge is 2.33. The first-order valence-corrected chi connectivity index (χ1v) is 20.4. The number of nitrogens with zero attached hydrogens (tertiary/aromatic N) is 4. The predicted molar refractivity (Wildman–Crippen MR) is 220 cm³/mol. The van der Waals surface area contributed by atoms with Gasteiger partial charge in [0.15, 0.2) is 18.2 Å². The Morgan fingerprint density at radius 3 is 1.93 bits per heavy atom. The lowest BCUT2D eigenvalue weighted by Gasteiger charge is -2.37. The van der Waals surface area contributed by atoms with Gasteiger partial charge in [-0.1, -0.05) is 66.7 Å². The Labute approximate surface area is 342 Å². The quantitative estimate of drug-likeness (QED) is 0.103. The number of esters is 1. The molecular weight excluding hydrogens is 739 g/mol. The number of aliphatic hydroxyl groups is 1. The number of hydrogen-bond donors (Lipinski definition) is 2. The van der Waals surface area contributed by atoms with Crippen molar-refractivity contribution in [3.05, 3.63) is 101 Å². The zero-order valence-electron chi connectivity index (χ0n) is 34.7. The molecule has 0 radical (unpaired) electrons. The molecule has 0 aliphatic carbocycles. The first-order valence-electron chi connectivity index (χ1n) is 20.4. The number of guanidine groups is 1. The third kappa shape index (κ3) is 11.9. The molecule has 3 heterocycles. The molecule has 3 atom stereocenters. The van der Waals surface area contributed by atoms with E-state index in [0.717, 1.165) is 47.9 Å². The molecule has 2 fully saturated rings. The van der Waals surface area contributed by atoms with Crippen LogP contribution in [0.3, 0.4) is 0 Å². The van der Waals surface area contributed by atoms with Crippen molar-refractivity contribution >= 4 is 24.1 Å². The van der Waals surface area contributed by atoms with E-state index >= 15 is 0 Å². The summed E-state index contributed by atoms with van der Waals surface area (Å²) in [7, 11) is 0. The van der Waals surface area contributed by atoms with Crippen molar-refractivity contribution in [3.63, 3.8) is 0 Å². The molecule has 0 bridgehead atoms. The molecule has 13 heteroatoms. The van der Waals surface area contributed by atoms with E-state index in [2.05, 4.69) is 10.2 Å². The largest absolute Gasteiger partial charge is 0.490 e.